The number of fused-ring (bicyclic) bond motifs is 1. The quantitative estimate of drug-likeness (QED) is 0.916. The number of ether oxygens (including phenoxy) is 1. The molecule has 1 aliphatic carbocycles. The van der Waals surface area contributed by atoms with Crippen LogP contribution in [0.5, 0.6) is 5.75 Å². The highest BCUT2D eigenvalue weighted by Crippen LogP contribution is 2.34. The van der Waals surface area contributed by atoms with Crippen LogP contribution in [0, 0.1) is 6.92 Å². The molecule has 2 heteroatoms. The van der Waals surface area contributed by atoms with Gasteiger partial charge in [-0.2, -0.15) is 0 Å². The van der Waals surface area contributed by atoms with E-state index < -0.39 is 6.10 Å². The minimum atomic E-state index is -0.536. The molecule has 0 saturated carbocycles. The molecular weight excluding hydrogens is 260 g/mol. The van der Waals surface area contributed by atoms with Crippen LogP contribution in [0.25, 0.3) is 0 Å². The summed E-state index contributed by atoms with van der Waals surface area (Å²) in [7, 11) is 0. The first-order valence-corrected chi connectivity index (χ1v) is 7.59. The van der Waals surface area contributed by atoms with Crippen LogP contribution in [0.3, 0.4) is 0 Å². The van der Waals surface area contributed by atoms with E-state index in [9.17, 15) is 5.11 Å². The standard InChI is InChI=1S/C19H22O2/c1-12(2)16-9-8-15(10-13(16)3)21-18-11-14-6-4-5-7-17(14)19(18)20/h4-10,12,18-20H,11H2,1-3H3. The molecule has 21 heavy (non-hydrogen) atoms. The number of aliphatic hydroxyl groups is 1. The molecule has 0 spiro atoms. The van der Waals surface area contributed by atoms with Crippen LogP contribution in [0.15, 0.2) is 42.5 Å². The summed E-state index contributed by atoms with van der Waals surface area (Å²) >= 11 is 0. The summed E-state index contributed by atoms with van der Waals surface area (Å²) in [6, 6.07) is 14.2. The summed E-state index contributed by atoms with van der Waals surface area (Å²) in [4.78, 5) is 0. The summed E-state index contributed by atoms with van der Waals surface area (Å²) < 4.78 is 6.04. The third kappa shape index (κ3) is 2.68. The third-order valence-corrected chi connectivity index (χ3v) is 4.30. The second kappa shape index (κ2) is 5.53. The largest absolute Gasteiger partial charge is 0.487 e. The average Bonchev–Trinajstić information content (AvgIpc) is 2.76. The zero-order chi connectivity index (χ0) is 15.0. The van der Waals surface area contributed by atoms with Gasteiger partial charge in [0, 0.05) is 6.42 Å². The molecular formula is C19H22O2. The fourth-order valence-electron chi connectivity index (χ4n) is 3.19. The number of rotatable bonds is 3. The van der Waals surface area contributed by atoms with Crippen LogP contribution in [0.1, 0.15) is 48.1 Å². The van der Waals surface area contributed by atoms with Crippen LogP contribution in [-0.2, 0) is 6.42 Å². The van der Waals surface area contributed by atoms with Gasteiger partial charge in [-0.3, -0.25) is 0 Å². The molecule has 0 radical (unpaired) electrons. The van der Waals surface area contributed by atoms with E-state index in [0.29, 0.717) is 5.92 Å². The third-order valence-electron chi connectivity index (χ3n) is 4.30. The monoisotopic (exact) mass is 282 g/mol. The van der Waals surface area contributed by atoms with Gasteiger partial charge in [-0.15, -0.1) is 0 Å². The maximum atomic E-state index is 10.4. The van der Waals surface area contributed by atoms with Gasteiger partial charge in [0.15, 0.2) is 0 Å². The van der Waals surface area contributed by atoms with Crippen LogP contribution in [0.2, 0.25) is 0 Å². The lowest BCUT2D eigenvalue weighted by atomic mass is 9.98. The van der Waals surface area contributed by atoms with Crippen LogP contribution < -0.4 is 4.74 Å². The minimum Gasteiger partial charge on any atom is -0.487 e. The number of aliphatic hydroxyl groups excluding tert-OH is 1. The van der Waals surface area contributed by atoms with E-state index >= 15 is 0 Å². The molecule has 1 N–H and O–H groups in total. The van der Waals surface area contributed by atoms with E-state index in [4.69, 9.17) is 4.74 Å². The molecule has 110 valence electrons. The number of benzene rings is 2. The first kappa shape index (κ1) is 14.2. The van der Waals surface area contributed by atoms with E-state index in [-0.39, 0.29) is 6.10 Å². The maximum Gasteiger partial charge on any atom is 0.133 e. The average molecular weight is 282 g/mol. The van der Waals surface area contributed by atoms with Crippen molar-refractivity contribution in [2.45, 2.75) is 45.3 Å². The zero-order valence-corrected chi connectivity index (χ0v) is 12.8. The van der Waals surface area contributed by atoms with Crippen LogP contribution in [-0.4, -0.2) is 11.2 Å². The van der Waals surface area contributed by atoms with E-state index in [1.165, 1.54) is 16.7 Å². The van der Waals surface area contributed by atoms with Gasteiger partial charge in [-0.25, -0.2) is 0 Å². The number of aryl methyl sites for hydroxylation is 1. The molecule has 0 aromatic heterocycles. The molecule has 1 aliphatic rings. The van der Waals surface area contributed by atoms with Crippen molar-refractivity contribution in [1.29, 1.82) is 0 Å². The Kier molecular flexibility index (Phi) is 3.73. The number of hydrogen-bond acceptors (Lipinski definition) is 2. The van der Waals surface area contributed by atoms with Gasteiger partial charge in [0.25, 0.3) is 0 Å². The zero-order valence-electron chi connectivity index (χ0n) is 12.8. The van der Waals surface area contributed by atoms with Gasteiger partial charge in [0.2, 0.25) is 0 Å². The molecule has 2 aromatic rings. The Bertz CT molecular complexity index is 646. The summed E-state index contributed by atoms with van der Waals surface area (Å²) in [5.74, 6) is 1.36. The molecule has 0 aliphatic heterocycles. The molecule has 0 bridgehead atoms. The summed E-state index contributed by atoms with van der Waals surface area (Å²) in [5.41, 5.74) is 4.77. The van der Waals surface area contributed by atoms with Crippen molar-refractivity contribution < 1.29 is 9.84 Å². The second-order valence-corrected chi connectivity index (χ2v) is 6.18. The lowest BCUT2D eigenvalue weighted by Crippen LogP contribution is -2.21. The van der Waals surface area contributed by atoms with Crippen LogP contribution >= 0.6 is 0 Å². The summed E-state index contributed by atoms with van der Waals surface area (Å²) in [6.45, 7) is 6.50. The van der Waals surface area contributed by atoms with Gasteiger partial charge in [0.05, 0.1) is 0 Å². The highest BCUT2D eigenvalue weighted by atomic mass is 16.5. The smallest absolute Gasteiger partial charge is 0.133 e. The minimum absolute atomic E-state index is 0.188. The molecule has 2 aromatic carbocycles. The normalized spacial score (nSPS) is 20.6. The van der Waals surface area contributed by atoms with Crippen molar-refractivity contribution in [3.63, 3.8) is 0 Å². The van der Waals surface area contributed by atoms with Gasteiger partial charge in [-0.1, -0.05) is 44.2 Å². The maximum absolute atomic E-state index is 10.4. The molecule has 0 saturated heterocycles. The number of hydrogen-bond donors (Lipinski definition) is 1. The SMILES string of the molecule is Cc1cc(OC2Cc3ccccc3C2O)ccc1C(C)C. The van der Waals surface area contributed by atoms with Crippen molar-refractivity contribution in [2.24, 2.45) is 0 Å². The van der Waals surface area contributed by atoms with Gasteiger partial charge in [0.1, 0.15) is 18.0 Å². The van der Waals surface area contributed by atoms with Crippen molar-refractivity contribution in [1.82, 2.24) is 0 Å². The Morgan fingerprint density at radius 2 is 1.90 bits per heavy atom. The molecule has 3 rings (SSSR count). The van der Waals surface area contributed by atoms with E-state index in [1.807, 2.05) is 24.3 Å². The van der Waals surface area contributed by atoms with Gasteiger partial charge >= 0.3 is 0 Å². The summed E-state index contributed by atoms with van der Waals surface area (Å²) in [6.07, 6.45) is 0.0421. The predicted octanol–water partition coefficient (Wildman–Crippen LogP) is 4.16. The van der Waals surface area contributed by atoms with E-state index in [1.54, 1.807) is 0 Å². The van der Waals surface area contributed by atoms with Gasteiger partial charge in [-0.05, 0) is 47.2 Å². The Labute approximate surface area is 126 Å². The predicted molar refractivity (Wildman–Crippen MR) is 84.8 cm³/mol. The highest BCUT2D eigenvalue weighted by Gasteiger charge is 2.32. The van der Waals surface area contributed by atoms with Crippen molar-refractivity contribution in [3.05, 3.63) is 64.7 Å². The second-order valence-electron chi connectivity index (χ2n) is 6.18. The van der Waals surface area contributed by atoms with Crippen molar-refractivity contribution in [2.75, 3.05) is 0 Å². The fourth-order valence-corrected chi connectivity index (χ4v) is 3.19. The molecule has 2 unspecified atom stereocenters. The Morgan fingerprint density at radius 3 is 2.57 bits per heavy atom. The Balaban J connectivity index is 1.78. The first-order chi connectivity index (χ1) is 10.1. The Hall–Kier alpha value is -1.80. The molecule has 0 heterocycles. The van der Waals surface area contributed by atoms with E-state index in [0.717, 1.165) is 17.7 Å². The Morgan fingerprint density at radius 1 is 1.14 bits per heavy atom. The van der Waals surface area contributed by atoms with Crippen LogP contribution in [0.4, 0.5) is 0 Å². The molecule has 0 fully saturated rings. The lowest BCUT2D eigenvalue weighted by molar-refractivity contribution is 0.0493. The highest BCUT2D eigenvalue weighted by molar-refractivity contribution is 5.39. The fraction of sp³-hybridized carbons (Fsp3) is 0.368. The lowest BCUT2D eigenvalue weighted by Gasteiger charge is -2.19. The van der Waals surface area contributed by atoms with Gasteiger partial charge < -0.3 is 9.84 Å². The topological polar surface area (TPSA) is 29.5 Å². The molecule has 2 atom stereocenters. The summed E-state index contributed by atoms with van der Waals surface area (Å²) in [5, 5.41) is 10.4. The van der Waals surface area contributed by atoms with Crippen molar-refractivity contribution in [3.8, 4) is 5.75 Å². The molecule has 0 amide bonds. The van der Waals surface area contributed by atoms with E-state index in [2.05, 4.69) is 39.0 Å². The molecule has 2 nitrogen and oxygen atoms in total. The first-order valence-electron chi connectivity index (χ1n) is 7.59. The van der Waals surface area contributed by atoms with Crippen molar-refractivity contribution >= 4 is 0 Å².